The molecule has 2 aromatic heterocycles. The number of fused-ring (bicyclic) bond motifs is 1. The Hall–Kier alpha value is -2.38. The third kappa shape index (κ3) is 2.95. The summed E-state index contributed by atoms with van der Waals surface area (Å²) in [6.45, 7) is 0. The number of hydrogen-bond donors (Lipinski definition) is 2. The fourth-order valence-corrected chi connectivity index (χ4v) is 2.54. The largest absolute Gasteiger partial charge is 0.416 e. The Bertz CT molecular complexity index is 695. The van der Waals surface area contributed by atoms with Crippen molar-refractivity contribution in [3.05, 3.63) is 41.3 Å². The number of nitrogens with one attached hydrogen (secondary N) is 2. The van der Waals surface area contributed by atoms with E-state index in [-0.39, 0.29) is 17.6 Å². The molecule has 2 heterocycles. The number of rotatable bonds is 2. The molecule has 0 spiro atoms. The standard InChI is InChI=1S/C14H13F3N4O/c15-14(16,17)10-3-4-18-12(6-10)20-13(22)8-1-2-9-7-19-21-11(9)5-8/h3-4,6-8H,1-2,5H2,(H,19,21)(H,18,20,22). The van der Waals surface area contributed by atoms with E-state index in [0.29, 0.717) is 12.8 Å². The highest BCUT2D eigenvalue weighted by atomic mass is 19.4. The van der Waals surface area contributed by atoms with Gasteiger partial charge in [0.25, 0.3) is 0 Å². The van der Waals surface area contributed by atoms with Crippen LogP contribution in [0, 0.1) is 5.92 Å². The molecular formula is C14H13F3N4O. The van der Waals surface area contributed by atoms with E-state index in [1.54, 1.807) is 6.20 Å². The van der Waals surface area contributed by atoms with Crippen LogP contribution < -0.4 is 5.32 Å². The third-order valence-corrected chi connectivity index (χ3v) is 3.73. The van der Waals surface area contributed by atoms with Gasteiger partial charge in [0.15, 0.2) is 0 Å². The first kappa shape index (κ1) is 14.6. The molecule has 0 bridgehead atoms. The van der Waals surface area contributed by atoms with Gasteiger partial charge in [-0.2, -0.15) is 18.3 Å². The Labute approximate surface area is 123 Å². The monoisotopic (exact) mass is 310 g/mol. The van der Waals surface area contributed by atoms with Gasteiger partial charge in [-0.25, -0.2) is 4.98 Å². The third-order valence-electron chi connectivity index (χ3n) is 3.73. The van der Waals surface area contributed by atoms with E-state index in [9.17, 15) is 18.0 Å². The lowest BCUT2D eigenvalue weighted by Crippen LogP contribution is -2.28. The number of aryl methyl sites for hydroxylation is 1. The van der Waals surface area contributed by atoms with Crippen molar-refractivity contribution in [2.75, 3.05) is 5.32 Å². The number of nitrogens with zero attached hydrogens (tertiary/aromatic N) is 2. The number of amides is 1. The second-order valence-corrected chi connectivity index (χ2v) is 5.23. The zero-order chi connectivity index (χ0) is 15.7. The molecule has 0 aliphatic heterocycles. The van der Waals surface area contributed by atoms with Gasteiger partial charge in [-0.15, -0.1) is 0 Å². The number of carbonyl (C=O) groups is 1. The summed E-state index contributed by atoms with van der Waals surface area (Å²) in [5.74, 6) is -0.716. The van der Waals surface area contributed by atoms with Gasteiger partial charge in [0.2, 0.25) is 5.91 Å². The Morgan fingerprint density at radius 2 is 2.23 bits per heavy atom. The van der Waals surface area contributed by atoms with E-state index in [2.05, 4.69) is 20.5 Å². The maximum atomic E-state index is 12.6. The van der Waals surface area contributed by atoms with Crippen molar-refractivity contribution in [1.29, 1.82) is 0 Å². The summed E-state index contributed by atoms with van der Waals surface area (Å²) in [4.78, 5) is 16.0. The molecule has 1 unspecified atom stereocenters. The van der Waals surface area contributed by atoms with Crippen LogP contribution in [0.4, 0.5) is 19.0 Å². The van der Waals surface area contributed by atoms with E-state index in [4.69, 9.17) is 0 Å². The van der Waals surface area contributed by atoms with E-state index < -0.39 is 11.7 Å². The summed E-state index contributed by atoms with van der Waals surface area (Å²) in [5.41, 5.74) is 1.15. The van der Waals surface area contributed by atoms with Crippen molar-refractivity contribution in [3.63, 3.8) is 0 Å². The highest BCUT2D eigenvalue weighted by Crippen LogP contribution is 2.30. The number of aromatic amines is 1. The Balaban J connectivity index is 1.70. The summed E-state index contributed by atoms with van der Waals surface area (Å²) in [6.07, 6.45) is 0.166. The smallest absolute Gasteiger partial charge is 0.310 e. The van der Waals surface area contributed by atoms with Gasteiger partial charge < -0.3 is 5.32 Å². The number of alkyl halides is 3. The Morgan fingerprint density at radius 1 is 1.41 bits per heavy atom. The fraction of sp³-hybridized carbons (Fsp3) is 0.357. The second-order valence-electron chi connectivity index (χ2n) is 5.23. The Morgan fingerprint density at radius 3 is 3.00 bits per heavy atom. The molecule has 1 atom stereocenters. The fourth-order valence-electron chi connectivity index (χ4n) is 2.54. The predicted molar refractivity (Wildman–Crippen MR) is 72.0 cm³/mol. The first-order chi connectivity index (χ1) is 10.4. The van der Waals surface area contributed by atoms with Crippen LogP contribution in [-0.4, -0.2) is 21.1 Å². The normalized spacial score (nSPS) is 17.9. The van der Waals surface area contributed by atoms with Crippen molar-refractivity contribution in [2.24, 2.45) is 5.92 Å². The van der Waals surface area contributed by atoms with Crippen molar-refractivity contribution in [2.45, 2.75) is 25.4 Å². The molecule has 8 heteroatoms. The van der Waals surface area contributed by atoms with E-state index >= 15 is 0 Å². The minimum atomic E-state index is -4.46. The van der Waals surface area contributed by atoms with Crippen molar-refractivity contribution in [3.8, 4) is 0 Å². The average molecular weight is 310 g/mol. The number of H-pyrrole nitrogens is 1. The quantitative estimate of drug-likeness (QED) is 0.895. The molecule has 116 valence electrons. The molecule has 3 rings (SSSR count). The molecule has 0 saturated heterocycles. The molecule has 2 aromatic rings. The van der Waals surface area contributed by atoms with Crippen molar-refractivity contribution < 1.29 is 18.0 Å². The maximum Gasteiger partial charge on any atom is 0.416 e. The number of pyridine rings is 1. The topological polar surface area (TPSA) is 70.7 Å². The number of halogens is 3. The number of aromatic nitrogens is 3. The van der Waals surface area contributed by atoms with Crippen LogP contribution in [0.25, 0.3) is 0 Å². The zero-order valence-corrected chi connectivity index (χ0v) is 11.4. The average Bonchev–Trinajstić information content (AvgIpc) is 2.94. The van der Waals surface area contributed by atoms with Crippen LogP contribution in [0.3, 0.4) is 0 Å². The molecule has 5 nitrogen and oxygen atoms in total. The SMILES string of the molecule is O=C(Nc1cc(C(F)(F)F)ccn1)C1CCc2cn[nH]c2C1. The van der Waals surface area contributed by atoms with Crippen LogP contribution in [0.5, 0.6) is 0 Å². The van der Waals surface area contributed by atoms with Crippen LogP contribution in [0.15, 0.2) is 24.5 Å². The summed E-state index contributed by atoms with van der Waals surface area (Å²) in [6, 6.07) is 1.70. The Kier molecular flexibility index (Phi) is 3.59. The van der Waals surface area contributed by atoms with Gasteiger partial charge in [0, 0.05) is 24.2 Å². The summed E-state index contributed by atoms with van der Waals surface area (Å²) in [7, 11) is 0. The zero-order valence-electron chi connectivity index (χ0n) is 11.4. The van der Waals surface area contributed by atoms with Gasteiger partial charge >= 0.3 is 6.18 Å². The molecular weight excluding hydrogens is 297 g/mol. The van der Waals surface area contributed by atoms with Crippen molar-refractivity contribution in [1.82, 2.24) is 15.2 Å². The van der Waals surface area contributed by atoms with Crippen LogP contribution in [-0.2, 0) is 23.8 Å². The lowest BCUT2D eigenvalue weighted by atomic mass is 9.87. The molecule has 0 radical (unpaired) electrons. The van der Waals surface area contributed by atoms with Gasteiger partial charge in [-0.1, -0.05) is 0 Å². The van der Waals surface area contributed by atoms with E-state index in [1.807, 2.05) is 0 Å². The first-order valence-corrected chi connectivity index (χ1v) is 6.78. The predicted octanol–water partition coefficient (Wildman–Crippen LogP) is 2.57. The lowest BCUT2D eigenvalue weighted by Gasteiger charge is -2.20. The molecule has 0 aromatic carbocycles. The summed E-state index contributed by atoms with van der Waals surface area (Å²) >= 11 is 0. The maximum absolute atomic E-state index is 12.6. The summed E-state index contributed by atoms with van der Waals surface area (Å²) in [5, 5.41) is 9.23. The van der Waals surface area contributed by atoms with E-state index in [0.717, 1.165) is 36.0 Å². The number of carbonyl (C=O) groups excluding carboxylic acids is 1. The van der Waals surface area contributed by atoms with Gasteiger partial charge in [0.1, 0.15) is 5.82 Å². The molecule has 1 aliphatic rings. The molecule has 0 saturated carbocycles. The first-order valence-electron chi connectivity index (χ1n) is 6.78. The lowest BCUT2D eigenvalue weighted by molar-refractivity contribution is -0.137. The number of hydrogen-bond acceptors (Lipinski definition) is 3. The molecule has 1 aliphatic carbocycles. The highest BCUT2D eigenvalue weighted by molar-refractivity contribution is 5.92. The van der Waals surface area contributed by atoms with Crippen molar-refractivity contribution >= 4 is 11.7 Å². The second kappa shape index (κ2) is 5.43. The minimum absolute atomic E-state index is 0.0877. The molecule has 0 fully saturated rings. The molecule has 1 amide bonds. The molecule has 22 heavy (non-hydrogen) atoms. The van der Waals surface area contributed by atoms with Crippen LogP contribution in [0.1, 0.15) is 23.2 Å². The van der Waals surface area contributed by atoms with E-state index in [1.165, 1.54) is 0 Å². The number of anilines is 1. The van der Waals surface area contributed by atoms with Crippen LogP contribution >= 0.6 is 0 Å². The van der Waals surface area contributed by atoms with Crippen LogP contribution in [0.2, 0.25) is 0 Å². The minimum Gasteiger partial charge on any atom is -0.310 e. The summed E-state index contributed by atoms with van der Waals surface area (Å²) < 4.78 is 37.9. The van der Waals surface area contributed by atoms with Gasteiger partial charge in [0.05, 0.1) is 11.8 Å². The highest BCUT2D eigenvalue weighted by Gasteiger charge is 2.31. The van der Waals surface area contributed by atoms with Gasteiger partial charge in [-0.3, -0.25) is 9.89 Å². The molecule has 2 N–H and O–H groups in total. The van der Waals surface area contributed by atoms with Gasteiger partial charge in [-0.05, 0) is 30.5 Å².